The lowest BCUT2D eigenvalue weighted by molar-refractivity contribution is -0.877. The molecule has 0 radical (unpaired) electrons. The number of carbonyl (C=O) groups is 2. The average Bonchev–Trinajstić information content (AvgIpc) is 3.10. The lowest BCUT2D eigenvalue weighted by Gasteiger charge is -2.41. The van der Waals surface area contributed by atoms with E-state index in [0.29, 0.717) is 12.0 Å². The van der Waals surface area contributed by atoms with Gasteiger partial charge in [0.05, 0.1) is 13.1 Å². The van der Waals surface area contributed by atoms with Crippen LogP contribution in [-0.2, 0) is 19.1 Å². The SMILES string of the molecule is [2H]C([2H])([2H])[C@]1(O)C(=O)OCC2=CC[N+]3([O-])CC[C@@H](OC(=O)/C(=C\C)C[C@H]1C)[C@@H]23. The van der Waals surface area contributed by atoms with Crippen molar-refractivity contribution in [3.8, 4) is 0 Å². The van der Waals surface area contributed by atoms with Gasteiger partial charge < -0.3 is 24.4 Å². The van der Waals surface area contributed by atoms with Gasteiger partial charge in [-0.2, -0.15) is 0 Å². The number of esters is 2. The van der Waals surface area contributed by atoms with Crippen LogP contribution in [0, 0.1) is 11.1 Å². The smallest absolute Gasteiger partial charge is 0.338 e. The van der Waals surface area contributed by atoms with Gasteiger partial charge in [0.2, 0.25) is 0 Å². The molecule has 0 spiro atoms. The largest absolute Gasteiger partial charge is 0.632 e. The second-order valence-corrected chi connectivity index (χ2v) is 7.08. The summed E-state index contributed by atoms with van der Waals surface area (Å²) in [4.78, 5) is 25.3. The highest BCUT2D eigenvalue weighted by Crippen LogP contribution is 2.39. The van der Waals surface area contributed by atoms with Crippen molar-refractivity contribution in [3.05, 3.63) is 28.5 Å². The molecule has 0 aromatic rings. The fraction of sp³-hybridized carbons (Fsp3) is 0.667. The van der Waals surface area contributed by atoms with Gasteiger partial charge in [0, 0.05) is 21.7 Å². The highest BCUT2D eigenvalue weighted by molar-refractivity contribution is 5.89. The van der Waals surface area contributed by atoms with Crippen LogP contribution in [0.1, 0.15) is 37.7 Å². The summed E-state index contributed by atoms with van der Waals surface area (Å²) in [6.07, 6.45) is 2.69. The number of hydrogen-bond donors (Lipinski definition) is 1. The van der Waals surface area contributed by atoms with Gasteiger partial charge in [-0.3, -0.25) is 0 Å². The Labute approximate surface area is 151 Å². The van der Waals surface area contributed by atoms with Crippen molar-refractivity contribution in [1.29, 1.82) is 0 Å². The minimum Gasteiger partial charge on any atom is -0.632 e. The first kappa shape index (κ1) is 14.5. The third-order valence-electron chi connectivity index (χ3n) is 5.48. The first-order chi connectivity index (χ1) is 12.9. The molecule has 1 N–H and O–H groups in total. The second kappa shape index (κ2) is 6.23. The summed E-state index contributed by atoms with van der Waals surface area (Å²) >= 11 is 0. The zero-order chi connectivity index (χ0) is 20.9. The molecule has 1 unspecified atom stereocenters. The summed E-state index contributed by atoms with van der Waals surface area (Å²) in [6, 6.07) is -0.687. The maximum Gasteiger partial charge on any atom is 0.338 e. The van der Waals surface area contributed by atoms with Crippen LogP contribution in [-0.4, -0.2) is 59.1 Å². The van der Waals surface area contributed by atoms with Crippen molar-refractivity contribution in [3.63, 3.8) is 0 Å². The molecule has 0 aromatic heterocycles. The van der Waals surface area contributed by atoms with Gasteiger partial charge in [-0.15, -0.1) is 0 Å². The molecule has 7 nitrogen and oxygen atoms in total. The third-order valence-corrected chi connectivity index (χ3v) is 5.48. The number of carbonyl (C=O) groups excluding carboxylic acids is 2. The van der Waals surface area contributed by atoms with Gasteiger partial charge in [-0.05, 0) is 32.2 Å². The van der Waals surface area contributed by atoms with E-state index in [1.54, 1.807) is 13.0 Å². The van der Waals surface area contributed by atoms with E-state index in [0.717, 1.165) is 0 Å². The number of aliphatic hydroxyl groups is 1. The zero-order valence-electron chi connectivity index (χ0n) is 17.4. The normalized spacial score (nSPS) is 45.9. The Morgan fingerprint density at radius 1 is 1.52 bits per heavy atom. The summed E-state index contributed by atoms with van der Waals surface area (Å²) in [5, 5.41) is 23.8. The topological polar surface area (TPSA) is 95.9 Å². The molecule has 0 aliphatic carbocycles. The fourth-order valence-corrected chi connectivity index (χ4v) is 3.82. The monoisotopic (exact) mass is 354 g/mol. The standard InChI is InChI=1S/C18H25NO6/c1-4-12-9-11(2)18(3,22)17(21)24-10-13-5-7-19(23)8-6-14(15(13)19)25-16(12)20/h4-5,11,14-15,22H,6-10H2,1-3H3/b12-4-/t11-,14-,15-,18-,19?/m1/s1/i3D3. The summed E-state index contributed by atoms with van der Waals surface area (Å²) in [6.45, 7) is 0.0315. The highest BCUT2D eigenvalue weighted by atomic mass is 16.6. The van der Waals surface area contributed by atoms with Crippen LogP contribution >= 0.6 is 0 Å². The van der Waals surface area contributed by atoms with Crippen LogP contribution in [0.4, 0.5) is 0 Å². The number of allylic oxidation sites excluding steroid dienone is 1. The van der Waals surface area contributed by atoms with E-state index in [4.69, 9.17) is 13.6 Å². The van der Waals surface area contributed by atoms with Crippen LogP contribution in [0.25, 0.3) is 0 Å². The molecule has 2 fully saturated rings. The van der Waals surface area contributed by atoms with Crippen molar-refractivity contribution < 1.29 is 32.9 Å². The third kappa shape index (κ3) is 3.01. The molecule has 3 heterocycles. The first-order valence-electron chi connectivity index (χ1n) is 9.96. The van der Waals surface area contributed by atoms with Crippen LogP contribution < -0.4 is 0 Å². The number of hydrogen-bond acceptors (Lipinski definition) is 6. The molecule has 25 heavy (non-hydrogen) atoms. The number of cyclic esters (lactones) is 1. The maximum absolute atomic E-state index is 13.0. The second-order valence-electron chi connectivity index (χ2n) is 7.08. The molecule has 3 aliphatic heterocycles. The van der Waals surface area contributed by atoms with E-state index >= 15 is 0 Å². The molecule has 7 heteroatoms. The van der Waals surface area contributed by atoms with Crippen molar-refractivity contribution in [2.45, 2.75) is 51.3 Å². The van der Waals surface area contributed by atoms with Crippen molar-refractivity contribution in [1.82, 2.24) is 0 Å². The molecular weight excluding hydrogens is 326 g/mol. The molecular formula is C18H25NO6. The number of ether oxygens (including phenoxy) is 2. The first-order valence-corrected chi connectivity index (χ1v) is 8.46. The molecule has 0 aromatic carbocycles. The van der Waals surface area contributed by atoms with Crippen molar-refractivity contribution in [2.75, 3.05) is 19.7 Å². The van der Waals surface area contributed by atoms with Gasteiger partial charge in [-0.1, -0.05) is 13.0 Å². The Morgan fingerprint density at radius 2 is 2.28 bits per heavy atom. The zero-order valence-corrected chi connectivity index (χ0v) is 14.4. The van der Waals surface area contributed by atoms with Crippen LogP contribution in [0.5, 0.6) is 0 Å². The quantitative estimate of drug-likeness (QED) is 0.231. The van der Waals surface area contributed by atoms with E-state index in [-0.39, 0.29) is 31.7 Å². The predicted octanol–water partition coefficient (Wildman–Crippen LogP) is 1.21. The van der Waals surface area contributed by atoms with Crippen LogP contribution in [0.3, 0.4) is 0 Å². The molecule has 138 valence electrons. The van der Waals surface area contributed by atoms with Crippen molar-refractivity contribution in [2.24, 2.45) is 5.92 Å². The average molecular weight is 354 g/mol. The molecule has 0 saturated carbocycles. The molecule has 0 bridgehead atoms. The molecule has 3 rings (SSSR count). The Hall–Kier alpha value is -1.70. The van der Waals surface area contributed by atoms with Crippen LogP contribution in [0.2, 0.25) is 0 Å². The summed E-state index contributed by atoms with van der Waals surface area (Å²) in [7, 11) is 0. The fourth-order valence-electron chi connectivity index (χ4n) is 3.82. The lowest BCUT2D eigenvalue weighted by atomic mass is 9.85. The minimum absolute atomic E-state index is 0.142. The van der Waals surface area contributed by atoms with Crippen LogP contribution in [0.15, 0.2) is 23.3 Å². The van der Waals surface area contributed by atoms with E-state index < -0.39 is 47.1 Å². The Balaban J connectivity index is 2.01. The Kier molecular flexibility index (Phi) is 3.61. The van der Waals surface area contributed by atoms with E-state index in [1.807, 2.05) is 0 Å². The van der Waals surface area contributed by atoms with E-state index in [9.17, 15) is 19.9 Å². The number of rotatable bonds is 0. The lowest BCUT2D eigenvalue weighted by Crippen LogP contribution is -2.49. The van der Waals surface area contributed by atoms with Gasteiger partial charge in [0.15, 0.2) is 17.7 Å². The highest BCUT2D eigenvalue weighted by Gasteiger charge is 2.51. The van der Waals surface area contributed by atoms with Crippen molar-refractivity contribution >= 4 is 11.9 Å². The predicted molar refractivity (Wildman–Crippen MR) is 88.9 cm³/mol. The molecule has 2 saturated heterocycles. The minimum atomic E-state index is -3.06. The molecule has 3 aliphatic rings. The number of nitrogens with zero attached hydrogens (tertiary/aromatic N) is 1. The van der Waals surface area contributed by atoms with Gasteiger partial charge in [0.25, 0.3) is 0 Å². The van der Waals surface area contributed by atoms with E-state index in [2.05, 4.69) is 0 Å². The number of quaternary nitrogens is 1. The number of hydroxylamine groups is 3. The van der Waals surface area contributed by atoms with Gasteiger partial charge in [-0.25, -0.2) is 9.59 Å². The maximum atomic E-state index is 13.0. The Morgan fingerprint density at radius 3 is 2.96 bits per heavy atom. The summed E-state index contributed by atoms with van der Waals surface area (Å²) < 4.78 is 33.2. The summed E-state index contributed by atoms with van der Waals surface area (Å²) in [5.74, 6) is -3.08. The van der Waals surface area contributed by atoms with Gasteiger partial charge >= 0.3 is 11.9 Å². The molecule has 0 amide bonds. The van der Waals surface area contributed by atoms with E-state index in [1.165, 1.54) is 13.0 Å². The Bertz CT molecular complexity index is 748. The summed E-state index contributed by atoms with van der Waals surface area (Å²) in [5.41, 5.74) is -2.16. The molecule has 5 atom stereocenters. The van der Waals surface area contributed by atoms with Gasteiger partial charge in [0.1, 0.15) is 6.61 Å².